The summed E-state index contributed by atoms with van der Waals surface area (Å²) in [5.74, 6) is 1.40. The quantitative estimate of drug-likeness (QED) is 0.0861. The Morgan fingerprint density at radius 1 is 0.346 bits per heavy atom. The third-order valence-electron chi connectivity index (χ3n) is 12.3. The van der Waals surface area contributed by atoms with E-state index in [1.165, 1.54) is 5.56 Å². The van der Waals surface area contributed by atoms with Gasteiger partial charge in [-0.05, 0) is 47.5 Å². The van der Waals surface area contributed by atoms with Crippen LogP contribution >= 0.6 is 0 Å². The van der Waals surface area contributed by atoms with Crippen LogP contribution in [-0.2, 0) is 56.0 Å². The zero-order valence-electron chi connectivity index (χ0n) is 39.7. The Labute approximate surface area is 439 Å². The van der Waals surface area contributed by atoms with E-state index in [2.05, 4.69) is 33.8 Å². The van der Waals surface area contributed by atoms with E-state index >= 15 is 0 Å². The van der Waals surface area contributed by atoms with E-state index in [-0.39, 0.29) is 0 Å². The monoisotopic (exact) mass is 1180 g/mol. The highest BCUT2D eigenvalue weighted by Crippen LogP contribution is 2.42. The molecule has 0 atom stereocenters. The first-order valence-electron chi connectivity index (χ1n) is 22.5. The third-order valence-corrected chi connectivity index (χ3v) is 12.3. The number of hydrogen-bond acceptors (Lipinski definition) is 2. The lowest BCUT2D eigenvalue weighted by atomic mass is 9.12. The lowest BCUT2D eigenvalue weighted by molar-refractivity contribution is -0.689. The summed E-state index contributed by atoms with van der Waals surface area (Å²) >= 11 is 0. The molecule has 1 aromatic heterocycles. The Bertz CT molecular complexity index is 3030. The van der Waals surface area contributed by atoms with Crippen LogP contribution in [0, 0.1) is 0 Å². The van der Waals surface area contributed by atoms with Crippen LogP contribution in [0.1, 0.15) is 50.1 Å². The summed E-state index contributed by atoms with van der Waals surface area (Å²) in [6.45, 7) is 0.790. The van der Waals surface area contributed by atoms with Gasteiger partial charge in [-0.1, -0.05) is 109 Å². The van der Waals surface area contributed by atoms with Gasteiger partial charge in [0.2, 0.25) is 6.20 Å². The summed E-state index contributed by atoms with van der Waals surface area (Å²) in [6, 6.07) is 15.8. The molecule has 0 spiro atoms. The van der Waals surface area contributed by atoms with Crippen molar-refractivity contribution in [3.63, 3.8) is 0 Å². The van der Waals surface area contributed by atoms with Gasteiger partial charge in [0.15, 0.2) is 12.7 Å². The number of rotatable bonds is 8. The first-order chi connectivity index (χ1) is 37.1. The van der Waals surface area contributed by atoms with E-state index in [1.54, 1.807) is 6.20 Å². The molecule has 0 fully saturated rings. The molecule has 81 heavy (non-hydrogen) atoms. The van der Waals surface area contributed by atoms with Crippen molar-refractivity contribution in [1.82, 2.24) is 4.98 Å². The molecule has 2 aliphatic carbocycles. The number of fused-ring (bicyclic) bond motifs is 1. The molecule has 0 unspecified atom stereocenters. The largest absolute Gasteiger partial charge is 0.434 e. The van der Waals surface area contributed by atoms with Gasteiger partial charge in [-0.15, -0.1) is 0 Å². The Morgan fingerprint density at radius 3 is 0.889 bits per heavy atom. The van der Waals surface area contributed by atoms with E-state index in [9.17, 15) is 105 Å². The molecule has 0 N–H and O–H groups in total. The predicted octanol–water partition coefficient (Wildman–Crippen LogP) is 15.5. The molecule has 0 saturated heterocycles. The van der Waals surface area contributed by atoms with Crippen molar-refractivity contribution in [2.75, 3.05) is 0 Å². The SMILES string of the molecule is FC(F)(F)c1cc([B-](c2cc(C(F)(F)F)cc(C(F)(F)F)c2)(c2cc(C(F)(F)F)cc(C(F)(F)F)c2)c2cc(C(F)(F)F)cc(C(F)(F)F)c2)cc(C(F)(F)F)c1.c1ccc(C[n+]2ccnc(Oc3cc4cccccc-4c3)c2)cc1. The van der Waals surface area contributed by atoms with Gasteiger partial charge in [-0.25, -0.2) is 4.98 Å². The molecule has 1 heterocycles. The van der Waals surface area contributed by atoms with Crippen LogP contribution in [0.2, 0.25) is 0 Å². The van der Waals surface area contributed by atoms with Crippen LogP contribution in [0.15, 0.2) is 164 Å². The van der Waals surface area contributed by atoms with E-state index in [1.807, 2.05) is 60.9 Å². The highest BCUT2D eigenvalue weighted by atomic mass is 19.4. The first kappa shape index (κ1) is 60.7. The number of benzene rings is 5. The second-order valence-corrected chi connectivity index (χ2v) is 17.9. The topological polar surface area (TPSA) is 26.0 Å². The van der Waals surface area contributed by atoms with Crippen LogP contribution in [0.4, 0.5) is 105 Å². The maximum absolute atomic E-state index is 14.2. The van der Waals surface area contributed by atoms with Crippen LogP contribution < -0.4 is 31.2 Å². The van der Waals surface area contributed by atoms with Crippen LogP contribution in [0.3, 0.4) is 0 Å². The Morgan fingerprint density at radius 2 is 0.617 bits per heavy atom. The molecule has 0 aliphatic heterocycles. The summed E-state index contributed by atoms with van der Waals surface area (Å²) in [7, 11) is 0. The Balaban J connectivity index is 0.000000323. The van der Waals surface area contributed by atoms with E-state index in [0.29, 0.717) is 5.88 Å². The lowest BCUT2D eigenvalue weighted by Gasteiger charge is -2.46. The molecule has 6 aromatic rings. The smallest absolute Gasteiger partial charge is 0.416 e. The lowest BCUT2D eigenvalue weighted by Crippen LogP contribution is -2.75. The molecule has 0 amide bonds. The second kappa shape index (κ2) is 21.5. The average Bonchev–Trinajstić information content (AvgIpc) is 3.72. The molecule has 0 radical (unpaired) electrons. The van der Waals surface area contributed by atoms with Gasteiger partial charge >= 0.3 is 49.4 Å². The van der Waals surface area contributed by atoms with E-state index in [4.69, 9.17) is 4.74 Å². The molecule has 8 rings (SSSR count). The number of nitrogens with zero attached hydrogens (tertiary/aromatic N) is 2. The zero-order valence-corrected chi connectivity index (χ0v) is 39.7. The number of halogens is 24. The summed E-state index contributed by atoms with van der Waals surface area (Å²) in [4.78, 5) is 4.32. The molecule has 28 heteroatoms. The van der Waals surface area contributed by atoms with E-state index < -0.39 is 195 Å². The maximum Gasteiger partial charge on any atom is 0.416 e. The van der Waals surface area contributed by atoms with Crippen molar-refractivity contribution in [3.8, 4) is 22.8 Å². The minimum absolute atomic E-state index is 0.591. The highest BCUT2D eigenvalue weighted by molar-refractivity contribution is 7.20. The Kier molecular flexibility index (Phi) is 16.1. The van der Waals surface area contributed by atoms with Gasteiger partial charge in [0.05, 0.1) is 50.7 Å². The fourth-order valence-corrected chi connectivity index (χ4v) is 8.79. The maximum atomic E-state index is 14.2. The van der Waals surface area contributed by atoms with Gasteiger partial charge in [-0.2, -0.15) is 132 Å². The molecule has 3 nitrogen and oxygen atoms in total. The molecule has 2 aliphatic rings. The number of alkyl halides is 24. The fraction of sp³-hybridized carbons (Fsp3) is 0.170. The van der Waals surface area contributed by atoms with Crippen molar-refractivity contribution in [3.05, 3.63) is 214 Å². The van der Waals surface area contributed by atoms with Gasteiger partial charge in [0.25, 0.3) is 5.88 Å². The van der Waals surface area contributed by atoms with Crippen molar-refractivity contribution >= 4 is 28.0 Å². The van der Waals surface area contributed by atoms with Crippen molar-refractivity contribution < 1.29 is 115 Å². The number of aromatic nitrogens is 2. The minimum Gasteiger partial charge on any atom is -0.434 e. The average molecular weight is 1180 g/mol. The van der Waals surface area contributed by atoms with Crippen LogP contribution in [0.5, 0.6) is 11.6 Å². The highest BCUT2D eigenvalue weighted by Gasteiger charge is 2.47. The second-order valence-electron chi connectivity index (χ2n) is 17.9. The van der Waals surface area contributed by atoms with E-state index in [0.717, 1.165) is 23.4 Å². The number of ether oxygens (including phenoxy) is 1. The van der Waals surface area contributed by atoms with Crippen molar-refractivity contribution in [1.29, 1.82) is 0 Å². The minimum atomic E-state index is -6.13. The summed E-state index contributed by atoms with van der Waals surface area (Å²) < 4.78 is 349. The van der Waals surface area contributed by atoms with Gasteiger partial charge in [0, 0.05) is 5.56 Å². The zero-order chi connectivity index (χ0) is 60.1. The summed E-state index contributed by atoms with van der Waals surface area (Å²) in [5.41, 5.74) is -26.7. The normalized spacial score (nSPS) is 13.2. The molecular formula is C53H29BF24N2O. The molecular weight excluding hydrogens is 1150 g/mol. The third kappa shape index (κ3) is 14.2. The van der Waals surface area contributed by atoms with Crippen molar-refractivity contribution in [2.45, 2.75) is 56.0 Å². The summed E-state index contributed by atoms with van der Waals surface area (Å²) in [5, 5.41) is 0. The van der Waals surface area contributed by atoms with Crippen LogP contribution in [0.25, 0.3) is 11.1 Å². The molecule has 5 aromatic carbocycles. The molecule has 0 bridgehead atoms. The van der Waals surface area contributed by atoms with Crippen molar-refractivity contribution in [2.24, 2.45) is 0 Å². The predicted molar refractivity (Wildman–Crippen MR) is 243 cm³/mol. The number of hydrogen-bond donors (Lipinski definition) is 0. The molecule has 428 valence electrons. The summed E-state index contributed by atoms with van der Waals surface area (Å²) in [6.07, 6.45) is -49.2. The fourth-order valence-electron chi connectivity index (χ4n) is 8.79. The van der Waals surface area contributed by atoms with Gasteiger partial charge in [0.1, 0.15) is 11.9 Å². The molecule has 0 saturated carbocycles. The van der Waals surface area contributed by atoms with Gasteiger partial charge in [-0.3, -0.25) is 0 Å². The Hall–Kier alpha value is -7.94. The van der Waals surface area contributed by atoms with Gasteiger partial charge < -0.3 is 4.74 Å². The standard InChI is InChI=1S/C32H12BF24.C21H17N2O/c34-25(35,36)13-1-14(26(37,38)39)6-21(5-13)33(22-7-15(27(40,41)42)2-16(8-22)28(43,44)45,23-9-17(29(46,47)48)3-18(10-23)30(49,50)51)24-11-19(31(52,53)54)4-20(12-24)32(55,56)57;1-3-7-17(8-4-1)15-23-12-11-22-21(16-23)24-20-13-18-9-5-2-6-10-19(18)14-20/h1-12H;1-14,16H,15H2/q-1;+1. The van der Waals surface area contributed by atoms with Crippen LogP contribution in [-0.4, -0.2) is 11.1 Å². The first-order valence-corrected chi connectivity index (χ1v) is 22.5.